The summed E-state index contributed by atoms with van der Waals surface area (Å²) < 4.78 is 7.06. The molecule has 5 fully saturated rings. The predicted octanol–water partition coefficient (Wildman–Crippen LogP) is 0.954. The number of carbonyl (C=O) groups excluding carboxylic acids is 3. The summed E-state index contributed by atoms with van der Waals surface area (Å²) >= 11 is 0. The van der Waals surface area contributed by atoms with Crippen LogP contribution in [-0.4, -0.2) is 87.6 Å². The number of rotatable bonds is 4. The maximum absolute atomic E-state index is 13.7. The van der Waals surface area contributed by atoms with Gasteiger partial charge in [0.15, 0.2) is 5.84 Å². The van der Waals surface area contributed by atoms with Crippen LogP contribution in [-0.2, 0) is 19.1 Å². The number of fused-ring (bicyclic) bond motifs is 1. The average molecular weight is 520 g/mol. The Bertz CT molecular complexity index is 1220. The van der Waals surface area contributed by atoms with Gasteiger partial charge in [-0.15, -0.1) is 5.10 Å². The third-order valence-electron chi connectivity index (χ3n) is 9.69. The van der Waals surface area contributed by atoms with E-state index in [1.54, 1.807) is 29.7 Å². The number of amides is 2. The molecule has 2 unspecified atom stereocenters. The Morgan fingerprint density at radius 2 is 1.66 bits per heavy atom. The normalized spacial score (nSPS) is 35.2. The van der Waals surface area contributed by atoms with Gasteiger partial charge in [0.1, 0.15) is 11.8 Å². The van der Waals surface area contributed by atoms with Crippen molar-refractivity contribution in [2.45, 2.75) is 44.6 Å². The molecule has 11 nitrogen and oxygen atoms in total. The number of hydrogen-bond acceptors (Lipinski definition) is 8. The highest BCUT2D eigenvalue weighted by Crippen LogP contribution is 2.60. The van der Waals surface area contributed by atoms with E-state index in [4.69, 9.17) is 4.74 Å². The Hall–Kier alpha value is -3.50. The maximum atomic E-state index is 13.7. The Labute approximate surface area is 220 Å². The van der Waals surface area contributed by atoms with Gasteiger partial charge in [-0.2, -0.15) is 0 Å². The van der Waals surface area contributed by atoms with E-state index in [0.29, 0.717) is 61.1 Å². The zero-order valence-corrected chi connectivity index (χ0v) is 21.6. The highest BCUT2D eigenvalue weighted by Gasteiger charge is 2.56. The van der Waals surface area contributed by atoms with Crippen molar-refractivity contribution >= 4 is 23.4 Å². The largest absolute Gasteiger partial charge is 0.499 e. The second kappa shape index (κ2) is 8.78. The molecule has 2 atom stereocenters. The molecule has 4 aliphatic carbocycles. The van der Waals surface area contributed by atoms with Crippen LogP contribution in [0.25, 0.3) is 0 Å². The summed E-state index contributed by atoms with van der Waals surface area (Å²) in [5.41, 5.74) is 0.159. The molecule has 4 bridgehead atoms. The summed E-state index contributed by atoms with van der Waals surface area (Å²) in [6.45, 7) is 1.71. The van der Waals surface area contributed by atoms with Crippen molar-refractivity contribution in [2.75, 3.05) is 33.3 Å². The molecule has 0 aromatic carbocycles. The van der Waals surface area contributed by atoms with Gasteiger partial charge in [-0.1, -0.05) is 5.21 Å². The predicted molar refractivity (Wildman–Crippen MR) is 135 cm³/mol. The Morgan fingerprint density at radius 1 is 1.00 bits per heavy atom. The third kappa shape index (κ3) is 3.61. The molecule has 4 saturated carbocycles. The van der Waals surface area contributed by atoms with Crippen LogP contribution in [0.5, 0.6) is 0 Å². The average Bonchev–Trinajstić information content (AvgIpc) is 3.62. The summed E-state index contributed by atoms with van der Waals surface area (Å²) in [6, 6.07) is -0.404. The summed E-state index contributed by atoms with van der Waals surface area (Å²) in [6.07, 6.45) is 13.4. The molecule has 1 saturated heterocycles. The second-order valence-electron chi connectivity index (χ2n) is 11.9. The maximum Gasteiger partial charge on any atom is 0.294 e. The number of aromatic nitrogens is 3. The van der Waals surface area contributed by atoms with E-state index in [1.165, 1.54) is 31.1 Å². The SMILES string of the molecule is COC1=CN=C(n2ccnn2)C2NC=C(C(=O)C(=O)N3CCN(C(=O)C45CC6CC(CC(C6)C4)C5)CC3)C12. The van der Waals surface area contributed by atoms with Gasteiger partial charge >= 0.3 is 0 Å². The molecule has 1 aromatic heterocycles. The van der Waals surface area contributed by atoms with Gasteiger partial charge < -0.3 is 19.9 Å². The lowest BCUT2D eigenvalue weighted by molar-refractivity contribution is -0.161. The molecule has 2 amide bonds. The van der Waals surface area contributed by atoms with Crippen LogP contribution < -0.4 is 5.32 Å². The fourth-order valence-electron chi connectivity index (χ4n) is 8.38. The molecule has 3 aliphatic heterocycles. The molecule has 1 aromatic rings. The molecule has 4 heterocycles. The van der Waals surface area contributed by atoms with Crippen molar-refractivity contribution in [3.8, 4) is 0 Å². The molecule has 200 valence electrons. The van der Waals surface area contributed by atoms with Crippen molar-refractivity contribution in [3.63, 3.8) is 0 Å². The van der Waals surface area contributed by atoms with Crippen molar-refractivity contribution in [1.82, 2.24) is 30.1 Å². The summed E-state index contributed by atoms with van der Waals surface area (Å²) in [5.74, 6) is 1.90. The third-order valence-corrected chi connectivity index (χ3v) is 9.69. The minimum Gasteiger partial charge on any atom is -0.499 e. The number of hydrogen-bond donors (Lipinski definition) is 1. The zero-order chi connectivity index (χ0) is 26.0. The minimum absolute atomic E-state index is 0.181. The fraction of sp³-hybridized carbons (Fsp3) is 0.630. The number of piperazine rings is 1. The highest BCUT2D eigenvalue weighted by atomic mass is 16.5. The van der Waals surface area contributed by atoms with Gasteiger partial charge in [-0.3, -0.25) is 14.4 Å². The van der Waals surface area contributed by atoms with Crippen molar-refractivity contribution < 1.29 is 19.1 Å². The monoisotopic (exact) mass is 519 g/mol. The van der Waals surface area contributed by atoms with E-state index in [2.05, 4.69) is 20.6 Å². The van der Waals surface area contributed by atoms with E-state index < -0.39 is 23.7 Å². The van der Waals surface area contributed by atoms with Gasteiger partial charge in [0, 0.05) is 38.0 Å². The first kappa shape index (κ1) is 23.6. The van der Waals surface area contributed by atoms with Crippen LogP contribution in [0.1, 0.15) is 38.5 Å². The van der Waals surface area contributed by atoms with E-state index >= 15 is 0 Å². The topological polar surface area (TPSA) is 122 Å². The van der Waals surface area contributed by atoms with Crippen LogP contribution in [0.15, 0.2) is 41.1 Å². The van der Waals surface area contributed by atoms with Gasteiger partial charge in [-0.25, -0.2) is 9.67 Å². The second-order valence-corrected chi connectivity index (χ2v) is 11.9. The van der Waals surface area contributed by atoms with E-state index in [9.17, 15) is 14.4 Å². The molecular formula is C27H33N7O4. The molecule has 7 aliphatic rings. The Balaban J connectivity index is 1.01. The standard InChI is InChI=1S/C27H33N7O4/c1-38-20-15-29-24(34-3-2-30-31-34)22-21(20)19(14-28-22)23(35)25(36)32-4-6-33(7-5-32)26(37)27-11-16-8-17(12-27)10-18(9-16)13-27/h2-3,14-18,21-22,28H,4-13H2,1H3. The number of nitrogens with zero attached hydrogens (tertiary/aromatic N) is 6. The van der Waals surface area contributed by atoms with Crippen LogP contribution in [0.3, 0.4) is 0 Å². The first-order valence-corrected chi connectivity index (χ1v) is 13.7. The molecule has 11 heteroatoms. The number of ketones is 1. The number of aliphatic imine (C=N–C) groups is 1. The molecule has 1 N–H and O–H groups in total. The number of Topliss-reactive ketones (excluding diaryl/α,β-unsaturated/α-hetero) is 1. The van der Waals surface area contributed by atoms with Crippen molar-refractivity contribution in [3.05, 3.63) is 36.1 Å². The first-order chi connectivity index (χ1) is 18.5. The smallest absolute Gasteiger partial charge is 0.294 e. The fourth-order valence-corrected chi connectivity index (χ4v) is 8.38. The van der Waals surface area contributed by atoms with E-state index in [1.807, 2.05) is 4.90 Å². The van der Waals surface area contributed by atoms with Crippen LogP contribution in [0.2, 0.25) is 0 Å². The van der Waals surface area contributed by atoms with Crippen LogP contribution in [0.4, 0.5) is 0 Å². The number of ether oxygens (including phenoxy) is 1. The molecule has 8 rings (SSSR count). The lowest BCUT2D eigenvalue weighted by atomic mass is 9.49. The summed E-state index contributed by atoms with van der Waals surface area (Å²) in [4.78, 5) is 48.5. The van der Waals surface area contributed by atoms with Crippen LogP contribution >= 0.6 is 0 Å². The van der Waals surface area contributed by atoms with Gasteiger partial charge in [0.25, 0.3) is 5.91 Å². The van der Waals surface area contributed by atoms with E-state index in [-0.39, 0.29) is 11.3 Å². The molecule has 38 heavy (non-hydrogen) atoms. The lowest BCUT2D eigenvalue weighted by Gasteiger charge is -2.57. The Kier molecular flexibility index (Phi) is 5.45. The first-order valence-electron chi connectivity index (χ1n) is 13.7. The quantitative estimate of drug-likeness (QED) is 0.588. The Morgan fingerprint density at radius 3 is 2.26 bits per heavy atom. The molecule has 0 radical (unpaired) electrons. The summed E-state index contributed by atoms with van der Waals surface area (Å²) in [7, 11) is 1.53. The van der Waals surface area contributed by atoms with Gasteiger partial charge in [0.2, 0.25) is 11.7 Å². The number of methoxy groups -OCH3 is 1. The van der Waals surface area contributed by atoms with Crippen LogP contribution in [0, 0.1) is 29.1 Å². The van der Waals surface area contributed by atoms with Gasteiger partial charge in [-0.05, 0) is 56.3 Å². The summed E-state index contributed by atoms with van der Waals surface area (Å²) in [5, 5.41) is 11.1. The molecular weight excluding hydrogens is 486 g/mol. The molecule has 0 spiro atoms. The van der Waals surface area contributed by atoms with E-state index in [0.717, 1.165) is 19.3 Å². The van der Waals surface area contributed by atoms with Gasteiger partial charge in [0.05, 0.1) is 37.0 Å². The van der Waals surface area contributed by atoms with Crippen molar-refractivity contribution in [1.29, 1.82) is 0 Å². The number of carbonyl (C=O) groups is 3. The zero-order valence-electron chi connectivity index (χ0n) is 21.6. The van der Waals surface area contributed by atoms with Crippen molar-refractivity contribution in [2.24, 2.45) is 34.1 Å². The highest BCUT2D eigenvalue weighted by molar-refractivity contribution is 6.43. The number of nitrogens with one attached hydrogen (secondary N) is 1. The lowest BCUT2D eigenvalue weighted by Crippen LogP contribution is -2.59. The minimum atomic E-state index is -0.561.